The van der Waals surface area contributed by atoms with Gasteiger partial charge in [-0.05, 0) is 0 Å². The molecule has 6 heteroatoms. The summed E-state index contributed by atoms with van der Waals surface area (Å²) in [6, 6.07) is 0. The summed E-state index contributed by atoms with van der Waals surface area (Å²) in [5.74, 6) is -0.858. The Hall–Kier alpha value is -1.14. The van der Waals surface area contributed by atoms with Crippen molar-refractivity contribution in [3.05, 3.63) is 0 Å². The standard InChI is InChI=1S/C9H14O6/c1-12-8(10)2-3-9(11)14-5-7-4-13-6-15-7/h7H,2-6H2,1H3. The molecule has 1 rings (SSSR count). The van der Waals surface area contributed by atoms with Gasteiger partial charge < -0.3 is 18.9 Å². The lowest BCUT2D eigenvalue weighted by Crippen LogP contribution is -2.20. The number of methoxy groups -OCH3 is 1. The summed E-state index contributed by atoms with van der Waals surface area (Å²) in [6.45, 7) is 0.842. The van der Waals surface area contributed by atoms with Crippen molar-refractivity contribution in [2.75, 3.05) is 27.1 Å². The third-order valence-corrected chi connectivity index (χ3v) is 1.88. The fraction of sp³-hybridized carbons (Fsp3) is 0.778. The molecule has 0 saturated carbocycles. The molecule has 0 bridgehead atoms. The second kappa shape index (κ2) is 6.36. The lowest BCUT2D eigenvalue weighted by atomic mass is 10.3. The van der Waals surface area contributed by atoms with Gasteiger partial charge in [0, 0.05) is 0 Å². The van der Waals surface area contributed by atoms with Crippen molar-refractivity contribution in [1.29, 1.82) is 0 Å². The van der Waals surface area contributed by atoms with Gasteiger partial charge in [-0.25, -0.2) is 0 Å². The Kier molecular flexibility index (Phi) is 5.06. The first kappa shape index (κ1) is 11.9. The Morgan fingerprint density at radius 3 is 2.67 bits per heavy atom. The van der Waals surface area contributed by atoms with E-state index in [-0.39, 0.29) is 32.3 Å². The van der Waals surface area contributed by atoms with Gasteiger partial charge in [0.05, 0.1) is 26.6 Å². The van der Waals surface area contributed by atoms with Crippen LogP contribution < -0.4 is 0 Å². The molecule has 0 aromatic heterocycles. The Bertz CT molecular complexity index is 221. The van der Waals surface area contributed by atoms with E-state index in [9.17, 15) is 9.59 Å². The number of carbonyl (C=O) groups is 2. The minimum atomic E-state index is -0.434. The quantitative estimate of drug-likeness (QED) is 0.598. The van der Waals surface area contributed by atoms with Crippen molar-refractivity contribution in [1.82, 2.24) is 0 Å². The SMILES string of the molecule is COC(=O)CCC(=O)OCC1COCO1. The zero-order valence-electron chi connectivity index (χ0n) is 8.56. The van der Waals surface area contributed by atoms with Crippen LogP contribution >= 0.6 is 0 Å². The number of hydrogen-bond acceptors (Lipinski definition) is 6. The monoisotopic (exact) mass is 218 g/mol. The van der Waals surface area contributed by atoms with E-state index in [4.69, 9.17) is 14.2 Å². The van der Waals surface area contributed by atoms with E-state index in [0.717, 1.165) is 0 Å². The van der Waals surface area contributed by atoms with Gasteiger partial charge in [0.15, 0.2) is 0 Å². The predicted octanol–water partition coefficient (Wildman–Crippen LogP) is -0.144. The van der Waals surface area contributed by atoms with Gasteiger partial charge in [-0.2, -0.15) is 0 Å². The molecule has 1 atom stereocenters. The first-order valence-electron chi connectivity index (χ1n) is 4.64. The largest absolute Gasteiger partial charge is 0.469 e. The average Bonchev–Trinajstić information content (AvgIpc) is 2.75. The first-order chi connectivity index (χ1) is 7.22. The van der Waals surface area contributed by atoms with Crippen LogP contribution in [0.3, 0.4) is 0 Å². The van der Waals surface area contributed by atoms with E-state index in [1.165, 1.54) is 7.11 Å². The Morgan fingerprint density at radius 1 is 1.33 bits per heavy atom. The average molecular weight is 218 g/mol. The zero-order chi connectivity index (χ0) is 11.1. The van der Waals surface area contributed by atoms with Gasteiger partial charge in [0.25, 0.3) is 0 Å². The molecule has 0 amide bonds. The molecule has 1 aliphatic heterocycles. The molecule has 1 unspecified atom stereocenters. The van der Waals surface area contributed by atoms with Crippen LogP contribution in [0.15, 0.2) is 0 Å². The molecule has 86 valence electrons. The maximum atomic E-state index is 11.1. The fourth-order valence-corrected chi connectivity index (χ4v) is 1.03. The van der Waals surface area contributed by atoms with E-state index < -0.39 is 11.9 Å². The lowest BCUT2D eigenvalue weighted by Gasteiger charge is -2.08. The van der Waals surface area contributed by atoms with Gasteiger partial charge in [0.1, 0.15) is 19.5 Å². The number of rotatable bonds is 5. The molecule has 1 heterocycles. The molecule has 1 fully saturated rings. The molecule has 0 aromatic rings. The van der Waals surface area contributed by atoms with Crippen LogP contribution in [0.25, 0.3) is 0 Å². The highest BCUT2D eigenvalue weighted by Gasteiger charge is 2.18. The molecule has 0 aromatic carbocycles. The molecule has 1 saturated heterocycles. The van der Waals surface area contributed by atoms with Crippen molar-refractivity contribution in [2.24, 2.45) is 0 Å². The van der Waals surface area contributed by atoms with Crippen molar-refractivity contribution >= 4 is 11.9 Å². The third kappa shape index (κ3) is 4.75. The summed E-state index contributed by atoms with van der Waals surface area (Å²) in [7, 11) is 1.28. The minimum Gasteiger partial charge on any atom is -0.469 e. The normalized spacial score (nSPS) is 19.9. The summed E-state index contributed by atoms with van der Waals surface area (Å²) in [5, 5.41) is 0. The summed E-state index contributed by atoms with van der Waals surface area (Å²) in [6.07, 6.45) is -0.121. The second-order valence-electron chi connectivity index (χ2n) is 3.04. The third-order valence-electron chi connectivity index (χ3n) is 1.88. The van der Waals surface area contributed by atoms with Crippen molar-refractivity contribution < 1.29 is 28.5 Å². The summed E-state index contributed by atoms with van der Waals surface area (Å²) in [5.41, 5.74) is 0. The Morgan fingerprint density at radius 2 is 2.07 bits per heavy atom. The van der Waals surface area contributed by atoms with Gasteiger partial charge in [-0.3, -0.25) is 9.59 Å². The fourth-order valence-electron chi connectivity index (χ4n) is 1.03. The van der Waals surface area contributed by atoms with Crippen LogP contribution in [-0.2, 0) is 28.5 Å². The molecule has 6 nitrogen and oxygen atoms in total. The van der Waals surface area contributed by atoms with Crippen LogP contribution in [0.1, 0.15) is 12.8 Å². The van der Waals surface area contributed by atoms with Crippen LogP contribution in [0.2, 0.25) is 0 Å². The van der Waals surface area contributed by atoms with Gasteiger partial charge in [0.2, 0.25) is 0 Å². The summed E-state index contributed by atoms with van der Waals surface area (Å²) >= 11 is 0. The summed E-state index contributed by atoms with van der Waals surface area (Å²) < 4.78 is 19.2. The highest BCUT2D eigenvalue weighted by Crippen LogP contribution is 2.04. The van der Waals surface area contributed by atoms with Crippen LogP contribution in [-0.4, -0.2) is 45.2 Å². The lowest BCUT2D eigenvalue weighted by molar-refractivity contribution is -0.150. The molecule has 1 aliphatic rings. The highest BCUT2D eigenvalue weighted by molar-refractivity contribution is 5.77. The smallest absolute Gasteiger partial charge is 0.306 e. The van der Waals surface area contributed by atoms with Crippen LogP contribution in [0.5, 0.6) is 0 Å². The minimum absolute atomic E-state index is 0.0280. The highest BCUT2D eigenvalue weighted by atomic mass is 16.7. The van der Waals surface area contributed by atoms with E-state index in [1.807, 2.05) is 0 Å². The summed E-state index contributed by atoms with van der Waals surface area (Å²) in [4.78, 5) is 21.8. The zero-order valence-corrected chi connectivity index (χ0v) is 8.56. The molecule has 0 aliphatic carbocycles. The molecule has 15 heavy (non-hydrogen) atoms. The van der Waals surface area contributed by atoms with Gasteiger partial charge in [-0.1, -0.05) is 0 Å². The van der Waals surface area contributed by atoms with Crippen molar-refractivity contribution in [2.45, 2.75) is 18.9 Å². The maximum Gasteiger partial charge on any atom is 0.306 e. The van der Waals surface area contributed by atoms with Gasteiger partial charge >= 0.3 is 11.9 Å². The first-order valence-corrected chi connectivity index (χ1v) is 4.64. The van der Waals surface area contributed by atoms with Gasteiger partial charge in [-0.15, -0.1) is 0 Å². The number of carbonyl (C=O) groups excluding carboxylic acids is 2. The van der Waals surface area contributed by atoms with Crippen LogP contribution in [0, 0.1) is 0 Å². The predicted molar refractivity (Wildman–Crippen MR) is 47.9 cm³/mol. The van der Waals surface area contributed by atoms with E-state index in [1.54, 1.807) is 0 Å². The molecular formula is C9H14O6. The topological polar surface area (TPSA) is 71.1 Å². The molecule has 0 N–H and O–H groups in total. The second-order valence-corrected chi connectivity index (χ2v) is 3.04. The van der Waals surface area contributed by atoms with Crippen molar-refractivity contribution in [3.63, 3.8) is 0 Å². The van der Waals surface area contributed by atoms with E-state index in [0.29, 0.717) is 6.61 Å². The molecule has 0 radical (unpaired) electrons. The van der Waals surface area contributed by atoms with E-state index in [2.05, 4.69) is 4.74 Å². The number of ether oxygens (including phenoxy) is 4. The number of esters is 2. The van der Waals surface area contributed by atoms with Crippen LogP contribution in [0.4, 0.5) is 0 Å². The number of hydrogen-bond donors (Lipinski definition) is 0. The Balaban J connectivity index is 2.05. The maximum absolute atomic E-state index is 11.1. The molecule has 0 spiro atoms. The molecular weight excluding hydrogens is 204 g/mol. The van der Waals surface area contributed by atoms with Crippen molar-refractivity contribution in [3.8, 4) is 0 Å². The Labute approximate surface area is 87.4 Å². The van der Waals surface area contributed by atoms with E-state index >= 15 is 0 Å².